The summed E-state index contributed by atoms with van der Waals surface area (Å²) < 4.78 is 11.5. The number of nitrogens with one attached hydrogen (secondary N) is 1. The number of esters is 1. The van der Waals surface area contributed by atoms with Gasteiger partial charge in [-0.05, 0) is 56.4 Å². The molecule has 1 heterocycles. The first-order valence-corrected chi connectivity index (χ1v) is 8.53. The van der Waals surface area contributed by atoms with E-state index in [9.17, 15) is 4.79 Å². The van der Waals surface area contributed by atoms with E-state index in [1.165, 1.54) is 12.7 Å². The van der Waals surface area contributed by atoms with Gasteiger partial charge in [0, 0.05) is 29.9 Å². The van der Waals surface area contributed by atoms with Crippen LogP contribution in [0.15, 0.2) is 22.7 Å². The van der Waals surface area contributed by atoms with Crippen LogP contribution in [0.5, 0.6) is 0 Å². The fourth-order valence-electron chi connectivity index (χ4n) is 3.01. The Morgan fingerprint density at radius 1 is 1.41 bits per heavy atom. The van der Waals surface area contributed by atoms with Gasteiger partial charge in [0.1, 0.15) is 0 Å². The van der Waals surface area contributed by atoms with Gasteiger partial charge in [0.05, 0.1) is 12.5 Å². The van der Waals surface area contributed by atoms with Gasteiger partial charge in [0.2, 0.25) is 0 Å². The molecule has 0 unspecified atom stereocenters. The van der Waals surface area contributed by atoms with Crippen LogP contribution in [0.4, 0.5) is 5.69 Å². The fraction of sp³-hybridized carbons (Fsp3) is 0.588. The molecule has 5 heteroatoms. The van der Waals surface area contributed by atoms with Crippen molar-refractivity contribution >= 4 is 27.6 Å². The van der Waals surface area contributed by atoms with Gasteiger partial charge >= 0.3 is 5.97 Å². The number of halogens is 1. The molecule has 4 nitrogen and oxygen atoms in total. The van der Waals surface area contributed by atoms with Crippen LogP contribution < -0.4 is 5.32 Å². The third-order valence-corrected chi connectivity index (χ3v) is 4.90. The summed E-state index contributed by atoms with van der Waals surface area (Å²) in [5, 5.41) is 3.45. The number of hydrogen-bond acceptors (Lipinski definition) is 4. The average Bonchev–Trinajstić information content (AvgIpc) is 2.53. The topological polar surface area (TPSA) is 47.6 Å². The van der Waals surface area contributed by atoms with Crippen molar-refractivity contribution in [3.05, 3.63) is 28.2 Å². The van der Waals surface area contributed by atoms with Gasteiger partial charge in [-0.25, -0.2) is 0 Å². The molecule has 1 fully saturated rings. The summed E-state index contributed by atoms with van der Waals surface area (Å²) in [6.07, 6.45) is 3.30. The molecule has 0 radical (unpaired) electrons. The van der Waals surface area contributed by atoms with Crippen LogP contribution in [0.3, 0.4) is 0 Å². The minimum absolute atomic E-state index is 0.0874. The lowest BCUT2D eigenvalue weighted by molar-refractivity contribution is -0.159. The number of carbonyl (C=O) groups is 1. The van der Waals surface area contributed by atoms with Crippen LogP contribution in [-0.2, 0) is 14.3 Å². The molecule has 1 N–H and O–H groups in total. The number of aryl methyl sites for hydroxylation is 1. The highest BCUT2D eigenvalue weighted by Gasteiger charge is 2.40. The molecule has 2 rings (SSSR count). The normalized spacial score (nSPS) is 17.0. The molecule has 0 saturated carbocycles. The van der Waals surface area contributed by atoms with Crippen LogP contribution in [-0.4, -0.2) is 32.8 Å². The molecule has 0 amide bonds. The van der Waals surface area contributed by atoms with Crippen molar-refractivity contribution in [3.63, 3.8) is 0 Å². The zero-order chi connectivity index (χ0) is 16.0. The largest absolute Gasteiger partial charge is 0.469 e. The predicted octanol–water partition coefficient (Wildman–Crippen LogP) is 3.92. The second-order valence-corrected chi connectivity index (χ2v) is 6.79. The number of ether oxygens (including phenoxy) is 2. The van der Waals surface area contributed by atoms with Gasteiger partial charge in [0.15, 0.2) is 0 Å². The molecule has 0 atom stereocenters. The summed E-state index contributed by atoms with van der Waals surface area (Å²) in [4.78, 5) is 12.1. The summed E-state index contributed by atoms with van der Waals surface area (Å²) in [6, 6.07) is 6.20. The van der Waals surface area contributed by atoms with Crippen molar-refractivity contribution in [1.82, 2.24) is 0 Å². The van der Waals surface area contributed by atoms with E-state index in [0.717, 1.165) is 42.4 Å². The zero-order valence-corrected chi connectivity index (χ0v) is 14.9. The van der Waals surface area contributed by atoms with Crippen LogP contribution in [0, 0.1) is 12.3 Å². The van der Waals surface area contributed by atoms with Gasteiger partial charge in [-0.2, -0.15) is 0 Å². The molecular formula is C17H24BrNO3. The summed E-state index contributed by atoms with van der Waals surface area (Å²) in [6.45, 7) is 4.23. The van der Waals surface area contributed by atoms with Crippen molar-refractivity contribution < 1.29 is 14.3 Å². The highest BCUT2D eigenvalue weighted by atomic mass is 79.9. The number of methoxy groups -OCH3 is 1. The van der Waals surface area contributed by atoms with Crippen molar-refractivity contribution in [2.45, 2.75) is 32.6 Å². The fourth-order valence-corrected chi connectivity index (χ4v) is 3.49. The van der Waals surface area contributed by atoms with E-state index in [1.54, 1.807) is 0 Å². The van der Waals surface area contributed by atoms with Crippen LogP contribution >= 0.6 is 15.9 Å². The van der Waals surface area contributed by atoms with E-state index in [0.29, 0.717) is 13.2 Å². The van der Waals surface area contributed by atoms with E-state index in [2.05, 4.69) is 40.3 Å². The lowest BCUT2D eigenvalue weighted by Gasteiger charge is -2.34. The Hall–Kier alpha value is -1.07. The van der Waals surface area contributed by atoms with Crippen molar-refractivity contribution in [2.75, 3.05) is 32.2 Å². The minimum Gasteiger partial charge on any atom is -0.469 e. The first kappa shape index (κ1) is 17.3. The van der Waals surface area contributed by atoms with Crippen molar-refractivity contribution in [2.24, 2.45) is 5.41 Å². The number of hydrogen-bond donors (Lipinski definition) is 1. The number of carbonyl (C=O) groups excluding carboxylic acids is 1. The van der Waals surface area contributed by atoms with E-state index >= 15 is 0 Å². The Morgan fingerprint density at radius 3 is 2.77 bits per heavy atom. The lowest BCUT2D eigenvalue weighted by atomic mass is 9.76. The zero-order valence-electron chi connectivity index (χ0n) is 13.3. The monoisotopic (exact) mass is 369 g/mol. The van der Waals surface area contributed by atoms with Crippen LogP contribution in [0.1, 0.15) is 31.2 Å². The van der Waals surface area contributed by atoms with Crippen molar-refractivity contribution in [3.8, 4) is 0 Å². The average molecular weight is 370 g/mol. The summed E-state index contributed by atoms with van der Waals surface area (Å²) in [5.41, 5.74) is 1.99. The third-order valence-electron chi connectivity index (χ3n) is 4.40. The molecule has 0 aromatic heterocycles. The molecule has 0 spiro atoms. The van der Waals surface area contributed by atoms with E-state index in [4.69, 9.17) is 9.47 Å². The molecule has 1 aromatic rings. The van der Waals surface area contributed by atoms with Crippen LogP contribution in [0.25, 0.3) is 0 Å². The number of benzene rings is 1. The molecular weight excluding hydrogens is 346 g/mol. The lowest BCUT2D eigenvalue weighted by Crippen LogP contribution is -2.38. The van der Waals surface area contributed by atoms with Gasteiger partial charge in [0.25, 0.3) is 0 Å². The highest BCUT2D eigenvalue weighted by molar-refractivity contribution is 9.10. The first-order chi connectivity index (χ1) is 10.6. The maximum absolute atomic E-state index is 12.1. The van der Waals surface area contributed by atoms with E-state index in [-0.39, 0.29) is 11.4 Å². The Bertz CT molecular complexity index is 513. The van der Waals surface area contributed by atoms with Crippen LogP contribution in [0.2, 0.25) is 0 Å². The molecule has 22 heavy (non-hydrogen) atoms. The minimum atomic E-state index is -0.358. The van der Waals surface area contributed by atoms with E-state index in [1.807, 2.05) is 6.07 Å². The standard InChI is InChI=1S/C17H24BrNO3/c1-13-12-14(18)4-5-15(13)19-9-3-6-17(16(20)21-2)7-10-22-11-8-17/h4-5,12,19H,3,6-11H2,1-2H3. The highest BCUT2D eigenvalue weighted by Crippen LogP contribution is 2.36. The molecule has 0 bridgehead atoms. The Morgan fingerprint density at radius 2 is 2.14 bits per heavy atom. The Kier molecular flexibility index (Phi) is 6.26. The van der Waals surface area contributed by atoms with Gasteiger partial charge in [-0.15, -0.1) is 0 Å². The Balaban J connectivity index is 1.86. The quantitative estimate of drug-likeness (QED) is 0.609. The van der Waals surface area contributed by atoms with Gasteiger partial charge in [-0.1, -0.05) is 15.9 Å². The second-order valence-electron chi connectivity index (χ2n) is 5.87. The maximum atomic E-state index is 12.1. The Labute approximate surface area is 140 Å². The molecule has 1 saturated heterocycles. The third kappa shape index (κ3) is 4.23. The smallest absolute Gasteiger partial charge is 0.311 e. The summed E-state index contributed by atoms with van der Waals surface area (Å²) >= 11 is 3.47. The number of anilines is 1. The SMILES string of the molecule is COC(=O)C1(CCCNc2ccc(Br)cc2C)CCOCC1. The molecule has 122 valence electrons. The van der Waals surface area contributed by atoms with Gasteiger partial charge in [-0.3, -0.25) is 4.79 Å². The van der Waals surface area contributed by atoms with Crippen molar-refractivity contribution in [1.29, 1.82) is 0 Å². The second kappa shape index (κ2) is 7.97. The summed E-state index contributed by atoms with van der Waals surface area (Å²) in [7, 11) is 1.48. The summed E-state index contributed by atoms with van der Waals surface area (Å²) in [5.74, 6) is -0.0874. The first-order valence-electron chi connectivity index (χ1n) is 7.74. The molecule has 1 aliphatic rings. The number of rotatable bonds is 6. The van der Waals surface area contributed by atoms with Gasteiger partial charge < -0.3 is 14.8 Å². The molecule has 1 aliphatic heterocycles. The predicted molar refractivity (Wildman–Crippen MR) is 91.1 cm³/mol. The molecule has 0 aliphatic carbocycles. The maximum Gasteiger partial charge on any atom is 0.311 e. The van der Waals surface area contributed by atoms with E-state index < -0.39 is 0 Å². The molecule has 1 aromatic carbocycles.